The number of carbonyl (C=O) groups is 1. The third kappa shape index (κ3) is 5.15. The van der Waals surface area contributed by atoms with E-state index in [-0.39, 0.29) is 11.8 Å². The predicted octanol–water partition coefficient (Wildman–Crippen LogP) is 3.41. The maximum absolute atomic E-state index is 12.6. The number of rotatable bonds is 6. The van der Waals surface area contributed by atoms with Crippen LogP contribution in [-0.4, -0.2) is 47.2 Å². The van der Waals surface area contributed by atoms with Crippen molar-refractivity contribution in [2.75, 3.05) is 20.2 Å². The summed E-state index contributed by atoms with van der Waals surface area (Å²) in [6.07, 6.45) is 7.84. The molecule has 0 radical (unpaired) electrons. The molecule has 2 aromatic rings. The number of amides is 1. The Hall–Kier alpha value is -2.41. The van der Waals surface area contributed by atoms with Gasteiger partial charge in [-0.25, -0.2) is 0 Å². The normalized spacial score (nSPS) is 19.2. The maximum atomic E-state index is 12.6. The number of benzene rings is 1. The summed E-state index contributed by atoms with van der Waals surface area (Å²) in [7, 11) is 1.64. The van der Waals surface area contributed by atoms with Gasteiger partial charge < -0.3 is 14.6 Å². The van der Waals surface area contributed by atoms with Crippen LogP contribution in [0.1, 0.15) is 50.8 Å². The summed E-state index contributed by atoms with van der Waals surface area (Å²) in [4.78, 5) is 19.4. The summed E-state index contributed by atoms with van der Waals surface area (Å²) in [6, 6.07) is 8.00. The Balaban J connectivity index is 1.25. The zero-order valence-electron chi connectivity index (χ0n) is 17.1. The number of carbonyl (C=O) groups excluding carboxylic acids is 1. The van der Waals surface area contributed by atoms with Crippen molar-refractivity contribution in [3.8, 4) is 17.1 Å². The second kappa shape index (κ2) is 9.39. The molecule has 7 nitrogen and oxygen atoms in total. The lowest BCUT2D eigenvalue weighted by molar-refractivity contribution is -0.127. The van der Waals surface area contributed by atoms with Gasteiger partial charge in [0.05, 0.1) is 13.7 Å². The van der Waals surface area contributed by atoms with Crippen LogP contribution in [0.3, 0.4) is 0 Å². The van der Waals surface area contributed by atoms with E-state index in [0.717, 1.165) is 50.1 Å². The molecule has 2 fully saturated rings. The van der Waals surface area contributed by atoms with Gasteiger partial charge in [0, 0.05) is 17.5 Å². The first-order valence-electron chi connectivity index (χ1n) is 10.7. The minimum absolute atomic E-state index is 0.130. The molecule has 0 unspecified atom stereocenters. The van der Waals surface area contributed by atoms with Crippen molar-refractivity contribution < 1.29 is 14.1 Å². The third-order valence-corrected chi connectivity index (χ3v) is 6.09. The summed E-state index contributed by atoms with van der Waals surface area (Å²) in [5.74, 6) is 2.38. The van der Waals surface area contributed by atoms with Gasteiger partial charge in [0.2, 0.25) is 17.6 Å². The highest BCUT2D eigenvalue weighted by Crippen LogP contribution is 2.23. The molecule has 2 aliphatic rings. The van der Waals surface area contributed by atoms with E-state index < -0.39 is 0 Å². The number of hydrogen-bond acceptors (Lipinski definition) is 6. The van der Waals surface area contributed by atoms with Gasteiger partial charge in [-0.3, -0.25) is 9.69 Å². The van der Waals surface area contributed by atoms with Crippen LogP contribution >= 0.6 is 0 Å². The van der Waals surface area contributed by atoms with Gasteiger partial charge in [-0.05, 0) is 63.0 Å². The van der Waals surface area contributed by atoms with Crippen molar-refractivity contribution in [1.29, 1.82) is 0 Å². The number of likely N-dealkylation sites (tertiary alicyclic amines) is 1. The van der Waals surface area contributed by atoms with E-state index in [9.17, 15) is 4.79 Å². The number of methoxy groups -OCH3 is 1. The Kier molecular flexibility index (Phi) is 6.44. The van der Waals surface area contributed by atoms with Crippen LogP contribution in [-0.2, 0) is 11.3 Å². The number of aromatic nitrogens is 2. The molecular formula is C22H30N4O3. The van der Waals surface area contributed by atoms with Crippen molar-refractivity contribution in [1.82, 2.24) is 20.4 Å². The zero-order valence-corrected chi connectivity index (χ0v) is 17.1. The van der Waals surface area contributed by atoms with Crippen LogP contribution in [0.5, 0.6) is 5.75 Å². The molecular weight excluding hydrogens is 368 g/mol. The second-order valence-electron chi connectivity index (χ2n) is 8.13. The second-order valence-corrected chi connectivity index (χ2v) is 8.13. The minimum Gasteiger partial charge on any atom is -0.497 e. The molecule has 1 N–H and O–H groups in total. The highest BCUT2D eigenvalue weighted by molar-refractivity contribution is 5.79. The smallest absolute Gasteiger partial charge is 0.241 e. The first kappa shape index (κ1) is 19.9. The Bertz CT molecular complexity index is 791. The van der Waals surface area contributed by atoms with Crippen LogP contribution in [0.2, 0.25) is 0 Å². The number of piperidine rings is 1. The molecule has 4 rings (SSSR count). The Morgan fingerprint density at radius 2 is 1.86 bits per heavy atom. The molecule has 0 bridgehead atoms. The number of hydrogen-bond donors (Lipinski definition) is 1. The van der Waals surface area contributed by atoms with E-state index in [4.69, 9.17) is 9.26 Å². The Morgan fingerprint density at radius 3 is 2.55 bits per heavy atom. The van der Waals surface area contributed by atoms with E-state index in [2.05, 4.69) is 20.4 Å². The van der Waals surface area contributed by atoms with Crippen LogP contribution in [0.4, 0.5) is 0 Å². The first-order valence-corrected chi connectivity index (χ1v) is 10.7. The average Bonchev–Trinajstić information content (AvgIpc) is 3.23. The van der Waals surface area contributed by atoms with Gasteiger partial charge in [-0.15, -0.1) is 0 Å². The van der Waals surface area contributed by atoms with Crippen molar-refractivity contribution in [2.45, 2.75) is 57.5 Å². The van der Waals surface area contributed by atoms with Crippen LogP contribution in [0.25, 0.3) is 11.4 Å². The van der Waals surface area contributed by atoms with Crippen LogP contribution in [0.15, 0.2) is 28.8 Å². The number of nitrogens with zero attached hydrogens (tertiary/aromatic N) is 3. The highest BCUT2D eigenvalue weighted by atomic mass is 16.5. The number of nitrogens with one attached hydrogen (secondary N) is 1. The molecule has 1 aromatic carbocycles. The van der Waals surface area contributed by atoms with Gasteiger partial charge in [-0.2, -0.15) is 4.98 Å². The van der Waals surface area contributed by atoms with Gasteiger partial charge in [0.25, 0.3) is 0 Å². The summed E-state index contributed by atoms with van der Waals surface area (Å²) in [5, 5.41) is 7.37. The largest absolute Gasteiger partial charge is 0.497 e. The summed E-state index contributed by atoms with van der Waals surface area (Å²) in [5.41, 5.74) is 0.902. The number of ether oxygens (including phenoxy) is 1. The molecule has 156 valence electrons. The van der Waals surface area contributed by atoms with Gasteiger partial charge in [-0.1, -0.05) is 24.4 Å². The van der Waals surface area contributed by atoms with Crippen molar-refractivity contribution in [3.63, 3.8) is 0 Å². The van der Waals surface area contributed by atoms with E-state index in [0.29, 0.717) is 24.3 Å². The molecule has 1 aliphatic carbocycles. The summed E-state index contributed by atoms with van der Waals surface area (Å²) in [6.45, 7) is 2.38. The quantitative estimate of drug-likeness (QED) is 0.803. The Labute approximate surface area is 171 Å². The van der Waals surface area contributed by atoms with Crippen molar-refractivity contribution >= 4 is 5.91 Å². The minimum atomic E-state index is 0.130. The molecule has 1 aromatic heterocycles. The molecule has 1 saturated heterocycles. The Morgan fingerprint density at radius 1 is 1.14 bits per heavy atom. The van der Waals surface area contributed by atoms with E-state index >= 15 is 0 Å². The molecule has 7 heteroatoms. The molecule has 29 heavy (non-hydrogen) atoms. The first-order chi connectivity index (χ1) is 14.2. The van der Waals surface area contributed by atoms with Crippen LogP contribution < -0.4 is 10.1 Å². The maximum Gasteiger partial charge on any atom is 0.241 e. The summed E-state index contributed by atoms with van der Waals surface area (Å²) < 4.78 is 10.6. The van der Waals surface area contributed by atoms with Crippen molar-refractivity contribution in [2.24, 2.45) is 5.92 Å². The summed E-state index contributed by atoms with van der Waals surface area (Å²) >= 11 is 0. The van der Waals surface area contributed by atoms with Crippen LogP contribution in [0, 0.1) is 5.92 Å². The molecule has 0 atom stereocenters. The molecule has 1 saturated carbocycles. The van der Waals surface area contributed by atoms with Gasteiger partial charge in [0.15, 0.2) is 0 Å². The molecule has 2 heterocycles. The third-order valence-electron chi connectivity index (χ3n) is 6.09. The highest BCUT2D eigenvalue weighted by Gasteiger charge is 2.27. The predicted molar refractivity (Wildman–Crippen MR) is 109 cm³/mol. The molecule has 1 amide bonds. The molecule has 0 spiro atoms. The standard InChI is InChI=1S/C22H30N4O3/c1-28-19-9-7-16(8-10-19)21-24-20(29-25-21)15-26-13-11-17(12-14-26)22(27)23-18-5-3-2-4-6-18/h7-10,17-18H,2-6,11-15H2,1H3,(H,23,27). The fourth-order valence-electron chi connectivity index (χ4n) is 4.29. The monoisotopic (exact) mass is 398 g/mol. The molecule has 1 aliphatic heterocycles. The SMILES string of the molecule is COc1ccc(-c2noc(CN3CCC(C(=O)NC4CCCCC4)CC3)n2)cc1. The van der Waals surface area contributed by atoms with Gasteiger partial charge >= 0.3 is 0 Å². The average molecular weight is 399 g/mol. The van der Waals surface area contributed by atoms with Crippen molar-refractivity contribution in [3.05, 3.63) is 30.2 Å². The zero-order chi connectivity index (χ0) is 20.1. The fraction of sp³-hybridized carbons (Fsp3) is 0.591. The van der Waals surface area contributed by atoms with E-state index in [1.54, 1.807) is 7.11 Å². The van der Waals surface area contributed by atoms with E-state index in [1.165, 1.54) is 19.3 Å². The topological polar surface area (TPSA) is 80.5 Å². The lowest BCUT2D eigenvalue weighted by Crippen LogP contribution is -2.44. The van der Waals surface area contributed by atoms with E-state index in [1.807, 2.05) is 24.3 Å². The van der Waals surface area contributed by atoms with Gasteiger partial charge in [0.1, 0.15) is 5.75 Å². The lowest BCUT2D eigenvalue weighted by atomic mass is 9.92. The fourth-order valence-corrected chi connectivity index (χ4v) is 4.29. The lowest BCUT2D eigenvalue weighted by Gasteiger charge is -2.32.